The van der Waals surface area contributed by atoms with E-state index in [1.54, 1.807) is 32.0 Å². The van der Waals surface area contributed by atoms with Gasteiger partial charge < -0.3 is 10.1 Å². The van der Waals surface area contributed by atoms with Gasteiger partial charge in [-0.1, -0.05) is 41.9 Å². The molecule has 0 aliphatic carbocycles. The van der Waals surface area contributed by atoms with Crippen molar-refractivity contribution in [1.82, 2.24) is 4.98 Å². The quantitative estimate of drug-likeness (QED) is 0.243. The Morgan fingerprint density at radius 3 is 2.47 bits per heavy atom. The number of hydrogen-bond donors (Lipinski definition) is 1. The van der Waals surface area contributed by atoms with Crippen molar-refractivity contribution < 1.29 is 19.1 Å². The Hall–Kier alpha value is -3.55. The molecule has 2 heterocycles. The fourth-order valence-electron chi connectivity index (χ4n) is 3.69. The highest BCUT2D eigenvalue weighted by Gasteiger charge is 2.26. The summed E-state index contributed by atoms with van der Waals surface area (Å²) >= 11 is 7.09. The smallest absolute Gasteiger partial charge is 0.341 e. The summed E-state index contributed by atoms with van der Waals surface area (Å²) < 4.78 is 5.17. The second-order valence-corrected chi connectivity index (χ2v) is 9.03. The number of ketones is 1. The molecule has 0 fully saturated rings. The van der Waals surface area contributed by atoms with Crippen molar-refractivity contribution in [2.24, 2.45) is 0 Å². The average Bonchev–Trinajstić information content (AvgIpc) is 3.14. The van der Waals surface area contributed by atoms with Crippen molar-refractivity contribution >= 4 is 56.5 Å². The molecule has 0 aliphatic heterocycles. The van der Waals surface area contributed by atoms with Gasteiger partial charge in [0.05, 0.1) is 33.8 Å². The van der Waals surface area contributed by atoms with Gasteiger partial charge in [-0.15, -0.1) is 11.3 Å². The monoisotopic (exact) mass is 492 g/mol. The summed E-state index contributed by atoms with van der Waals surface area (Å²) in [6, 6.07) is 16.2. The molecular weight excluding hydrogens is 472 g/mol. The fourth-order valence-corrected chi connectivity index (χ4v) is 4.90. The molecule has 34 heavy (non-hydrogen) atoms. The Morgan fingerprint density at radius 1 is 1.09 bits per heavy atom. The van der Waals surface area contributed by atoms with Gasteiger partial charge in [-0.2, -0.15) is 0 Å². The number of Topliss-reactive ketones (excluding diaryl/α,β-unsaturated/α-hetero) is 1. The van der Waals surface area contributed by atoms with E-state index in [-0.39, 0.29) is 23.0 Å². The van der Waals surface area contributed by atoms with Gasteiger partial charge in [0.25, 0.3) is 5.91 Å². The van der Waals surface area contributed by atoms with Crippen LogP contribution in [-0.4, -0.2) is 29.3 Å². The number of nitrogens with one attached hydrogen (secondary N) is 1. The van der Waals surface area contributed by atoms with Crippen LogP contribution in [0.3, 0.4) is 0 Å². The van der Waals surface area contributed by atoms with E-state index in [1.165, 1.54) is 6.92 Å². The van der Waals surface area contributed by atoms with E-state index in [0.29, 0.717) is 37.6 Å². The molecule has 2 aromatic heterocycles. The lowest BCUT2D eigenvalue weighted by molar-refractivity contribution is 0.0527. The minimum Gasteiger partial charge on any atom is -0.462 e. The molecule has 0 saturated carbocycles. The van der Waals surface area contributed by atoms with Crippen LogP contribution in [0.5, 0.6) is 0 Å². The standard InChI is InChI=1S/C26H21ClN2O4S/c1-4-33-26(32)22-14(2)23(15(3)30)34-25(22)29-24(31)19-13-21(16-9-11-17(27)12-10-16)28-20-8-6-5-7-18(19)20/h5-13H,4H2,1-3H3,(H,29,31). The first kappa shape index (κ1) is 23.6. The number of pyridine rings is 1. The minimum atomic E-state index is -0.583. The number of esters is 1. The SMILES string of the molecule is CCOC(=O)c1c(NC(=O)c2cc(-c3ccc(Cl)cc3)nc3ccccc23)sc(C(C)=O)c1C. The van der Waals surface area contributed by atoms with E-state index in [1.807, 2.05) is 36.4 Å². The third-order valence-electron chi connectivity index (χ3n) is 5.27. The summed E-state index contributed by atoms with van der Waals surface area (Å²) in [5.41, 5.74) is 3.15. The highest BCUT2D eigenvalue weighted by atomic mass is 35.5. The molecule has 4 aromatic rings. The molecule has 2 aromatic carbocycles. The number of nitrogens with zero attached hydrogens (tertiary/aromatic N) is 1. The molecule has 172 valence electrons. The number of aromatic nitrogens is 1. The summed E-state index contributed by atoms with van der Waals surface area (Å²) in [7, 11) is 0. The summed E-state index contributed by atoms with van der Waals surface area (Å²) in [4.78, 5) is 43.3. The average molecular weight is 493 g/mol. The lowest BCUT2D eigenvalue weighted by atomic mass is 10.0. The van der Waals surface area contributed by atoms with E-state index >= 15 is 0 Å². The van der Waals surface area contributed by atoms with Crippen molar-refractivity contribution in [1.29, 1.82) is 0 Å². The van der Waals surface area contributed by atoms with Crippen molar-refractivity contribution in [3.63, 3.8) is 0 Å². The molecule has 0 unspecified atom stereocenters. The minimum absolute atomic E-state index is 0.177. The first-order valence-corrected chi connectivity index (χ1v) is 11.8. The summed E-state index contributed by atoms with van der Waals surface area (Å²) in [6.45, 7) is 4.98. The van der Waals surface area contributed by atoms with Crippen LogP contribution >= 0.6 is 22.9 Å². The zero-order chi connectivity index (χ0) is 24.4. The molecule has 0 radical (unpaired) electrons. The van der Waals surface area contributed by atoms with Crippen LogP contribution < -0.4 is 5.32 Å². The maximum Gasteiger partial charge on any atom is 0.341 e. The summed E-state index contributed by atoms with van der Waals surface area (Å²) in [5.74, 6) is -1.19. The van der Waals surface area contributed by atoms with Gasteiger partial charge in [0.15, 0.2) is 5.78 Å². The molecule has 6 nitrogen and oxygen atoms in total. The number of benzene rings is 2. The number of rotatable bonds is 6. The summed E-state index contributed by atoms with van der Waals surface area (Å²) in [5, 5.41) is 4.38. The molecule has 0 bridgehead atoms. The van der Waals surface area contributed by atoms with Crippen LogP contribution in [0, 0.1) is 6.92 Å². The van der Waals surface area contributed by atoms with E-state index in [9.17, 15) is 14.4 Å². The predicted octanol–water partition coefficient (Wildman–Crippen LogP) is 6.56. The Bertz CT molecular complexity index is 1430. The number of hydrogen-bond acceptors (Lipinski definition) is 6. The number of ether oxygens (including phenoxy) is 1. The molecule has 0 atom stereocenters. The second-order valence-electron chi connectivity index (χ2n) is 7.57. The van der Waals surface area contributed by atoms with Gasteiger partial charge in [0, 0.05) is 16.0 Å². The number of amides is 1. The van der Waals surface area contributed by atoms with Gasteiger partial charge in [-0.05, 0) is 50.6 Å². The molecule has 0 spiro atoms. The molecule has 8 heteroatoms. The van der Waals surface area contributed by atoms with Crippen LogP contribution in [0.25, 0.3) is 22.2 Å². The number of thiophene rings is 1. The first-order chi connectivity index (χ1) is 16.3. The number of fused-ring (bicyclic) bond motifs is 1. The zero-order valence-corrected chi connectivity index (χ0v) is 20.3. The molecule has 0 saturated heterocycles. The zero-order valence-electron chi connectivity index (χ0n) is 18.8. The van der Waals surface area contributed by atoms with Crippen molar-refractivity contribution in [2.45, 2.75) is 20.8 Å². The lowest BCUT2D eigenvalue weighted by Gasteiger charge is -2.11. The maximum atomic E-state index is 13.5. The normalized spacial score (nSPS) is 10.8. The van der Waals surface area contributed by atoms with Gasteiger partial charge in [0.2, 0.25) is 0 Å². The Morgan fingerprint density at radius 2 is 1.79 bits per heavy atom. The molecule has 0 aliphatic rings. The van der Waals surface area contributed by atoms with Crippen molar-refractivity contribution in [3.8, 4) is 11.3 Å². The van der Waals surface area contributed by atoms with Crippen LogP contribution in [0.4, 0.5) is 5.00 Å². The topological polar surface area (TPSA) is 85.4 Å². The first-order valence-electron chi connectivity index (χ1n) is 10.6. The highest BCUT2D eigenvalue weighted by molar-refractivity contribution is 7.18. The molecule has 1 amide bonds. The molecule has 1 N–H and O–H groups in total. The maximum absolute atomic E-state index is 13.5. The summed E-state index contributed by atoms with van der Waals surface area (Å²) in [6.07, 6.45) is 0. The molecule has 4 rings (SSSR count). The van der Waals surface area contributed by atoms with E-state index in [0.717, 1.165) is 16.9 Å². The third-order valence-corrected chi connectivity index (χ3v) is 6.83. The number of para-hydroxylation sites is 1. The lowest BCUT2D eigenvalue weighted by Crippen LogP contribution is -2.15. The van der Waals surface area contributed by atoms with Gasteiger partial charge in [-0.3, -0.25) is 9.59 Å². The van der Waals surface area contributed by atoms with Crippen LogP contribution in [0.15, 0.2) is 54.6 Å². The third kappa shape index (κ3) is 4.58. The van der Waals surface area contributed by atoms with Gasteiger partial charge >= 0.3 is 5.97 Å². The highest BCUT2D eigenvalue weighted by Crippen LogP contribution is 2.35. The Kier molecular flexibility index (Phi) is 6.77. The van der Waals surface area contributed by atoms with Gasteiger partial charge in [0.1, 0.15) is 5.00 Å². The van der Waals surface area contributed by atoms with E-state index in [4.69, 9.17) is 21.3 Å². The van der Waals surface area contributed by atoms with Crippen LogP contribution in [0.1, 0.15) is 49.8 Å². The van der Waals surface area contributed by atoms with Crippen molar-refractivity contribution in [3.05, 3.63) is 81.2 Å². The van der Waals surface area contributed by atoms with Crippen LogP contribution in [-0.2, 0) is 4.74 Å². The number of anilines is 1. The number of carbonyl (C=O) groups excluding carboxylic acids is 3. The number of carbonyl (C=O) groups is 3. The Balaban J connectivity index is 1.81. The van der Waals surface area contributed by atoms with Crippen molar-refractivity contribution in [2.75, 3.05) is 11.9 Å². The van der Waals surface area contributed by atoms with Crippen LogP contribution in [0.2, 0.25) is 5.02 Å². The largest absolute Gasteiger partial charge is 0.462 e. The van der Waals surface area contributed by atoms with E-state index in [2.05, 4.69) is 5.32 Å². The van der Waals surface area contributed by atoms with E-state index < -0.39 is 11.9 Å². The van der Waals surface area contributed by atoms with Gasteiger partial charge in [-0.25, -0.2) is 9.78 Å². The second kappa shape index (κ2) is 9.75. The fraction of sp³-hybridized carbons (Fsp3) is 0.154. The number of halogens is 1. The Labute approximate surface area is 205 Å². The molecular formula is C26H21ClN2O4S. The predicted molar refractivity (Wildman–Crippen MR) is 135 cm³/mol.